The SMILES string of the molecule is CCN1CCN(Cn2cnc(CCN3CCN(CCCO)CC3)c2)CC1. The molecule has 3 rings (SSSR count). The predicted octanol–water partition coefficient (Wildman–Crippen LogP) is 0.0206. The second-order valence-corrected chi connectivity index (χ2v) is 7.58. The van der Waals surface area contributed by atoms with E-state index in [1.165, 1.54) is 25.3 Å². The van der Waals surface area contributed by atoms with Crippen molar-refractivity contribution < 1.29 is 5.11 Å². The third kappa shape index (κ3) is 6.03. The van der Waals surface area contributed by atoms with Gasteiger partial charge in [-0.25, -0.2) is 4.98 Å². The number of hydrogen-bond acceptors (Lipinski definition) is 6. The van der Waals surface area contributed by atoms with Gasteiger partial charge in [-0.2, -0.15) is 0 Å². The maximum atomic E-state index is 8.94. The number of aliphatic hydroxyl groups is 1. The summed E-state index contributed by atoms with van der Waals surface area (Å²) in [6.45, 7) is 16.0. The van der Waals surface area contributed by atoms with Gasteiger partial charge in [0.05, 0.1) is 18.7 Å². The van der Waals surface area contributed by atoms with Crippen molar-refractivity contribution in [3.05, 3.63) is 18.2 Å². The minimum absolute atomic E-state index is 0.303. The van der Waals surface area contributed by atoms with Gasteiger partial charge in [0, 0.05) is 84.7 Å². The van der Waals surface area contributed by atoms with E-state index in [0.29, 0.717) is 6.61 Å². The fourth-order valence-corrected chi connectivity index (χ4v) is 3.89. The quantitative estimate of drug-likeness (QED) is 0.667. The minimum Gasteiger partial charge on any atom is -0.396 e. The summed E-state index contributed by atoms with van der Waals surface area (Å²) in [5.41, 5.74) is 1.21. The molecule has 0 bridgehead atoms. The van der Waals surface area contributed by atoms with Crippen LogP contribution in [0.2, 0.25) is 0 Å². The zero-order chi connectivity index (χ0) is 18.2. The Kier molecular flexibility index (Phi) is 7.88. The van der Waals surface area contributed by atoms with Crippen LogP contribution < -0.4 is 0 Å². The van der Waals surface area contributed by atoms with Gasteiger partial charge in [0.15, 0.2) is 0 Å². The molecule has 26 heavy (non-hydrogen) atoms. The Hall–Kier alpha value is -0.990. The minimum atomic E-state index is 0.303. The van der Waals surface area contributed by atoms with Crippen LogP contribution in [0, 0.1) is 0 Å². The van der Waals surface area contributed by atoms with E-state index in [2.05, 4.69) is 42.3 Å². The van der Waals surface area contributed by atoms with E-state index in [-0.39, 0.29) is 0 Å². The molecule has 2 fully saturated rings. The summed E-state index contributed by atoms with van der Waals surface area (Å²) in [6, 6.07) is 0. The lowest BCUT2D eigenvalue weighted by Crippen LogP contribution is -2.47. The van der Waals surface area contributed by atoms with Crippen molar-refractivity contribution in [2.75, 3.05) is 78.6 Å². The van der Waals surface area contributed by atoms with Gasteiger partial charge in [-0.15, -0.1) is 0 Å². The van der Waals surface area contributed by atoms with Gasteiger partial charge in [-0.05, 0) is 13.0 Å². The number of hydrogen-bond donors (Lipinski definition) is 1. The molecular formula is C19H36N6O. The average molecular weight is 365 g/mol. The summed E-state index contributed by atoms with van der Waals surface area (Å²) in [7, 11) is 0. The van der Waals surface area contributed by atoms with Crippen LogP contribution >= 0.6 is 0 Å². The number of aliphatic hydroxyl groups excluding tert-OH is 1. The van der Waals surface area contributed by atoms with Crippen molar-refractivity contribution in [2.24, 2.45) is 0 Å². The molecule has 2 saturated heterocycles. The van der Waals surface area contributed by atoms with Gasteiger partial charge in [0.1, 0.15) is 0 Å². The molecule has 0 amide bonds. The maximum Gasteiger partial charge on any atom is 0.0960 e. The lowest BCUT2D eigenvalue weighted by molar-refractivity contribution is 0.111. The van der Waals surface area contributed by atoms with E-state index < -0.39 is 0 Å². The molecule has 1 aromatic heterocycles. The molecule has 0 aromatic carbocycles. The molecule has 1 aromatic rings. The van der Waals surface area contributed by atoms with E-state index in [1.54, 1.807) is 0 Å². The van der Waals surface area contributed by atoms with Crippen molar-refractivity contribution in [1.82, 2.24) is 29.2 Å². The number of piperazine rings is 2. The van der Waals surface area contributed by atoms with E-state index in [9.17, 15) is 0 Å². The number of likely N-dealkylation sites (N-methyl/N-ethyl adjacent to an activating group) is 1. The molecule has 7 nitrogen and oxygen atoms in total. The Morgan fingerprint density at radius 1 is 0.885 bits per heavy atom. The van der Waals surface area contributed by atoms with Crippen LogP contribution in [0.25, 0.3) is 0 Å². The zero-order valence-electron chi connectivity index (χ0n) is 16.4. The van der Waals surface area contributed by atoms with E-state index in [0.717, 1.165) is 71.9 Å². The molecule has 148 valence electrons. The van der Waals surface area contributed by atoms with Crippen molar-refractivity contribution in [2.45, 2.75) is 26.4 Å². The van der Waals surface area contributed by atoms with Crippen LogP contribution in [-0.4, -0.2) is 113 Å². The van der Waals surface area contributed by atoms with Gasteiger partial charge < -0.3 is 24.4 Å². The van der Waals surface area contributed by atoms with Crippen molar-refractivity contribution in [1.29, 1.82) is 0 Å². The van der Waals surface area contributed by atoms with Gasteiger partial charge in [-0.3, -0.25) is 4.90 Å². The maximum absolute atomic E-state index is 8.94. The Labute approximate surface area is 158 Å². The second-order valence-electron chi connectivity index (χ2n) is 7.58. The van der Waals surface area contributed by atoms with E-state index in [4.69, 9.17) is 5.11 Å². The summed E-state index contributed by atoms with van der Waals surface area (Å²) < 4.78 is 2.24. The number of rotatable bonds is 9. The molecule has 0 radical (unpaired) electrons. The molecule has 0 aliphatic carbocycles. The molecule has 0 saturated carbocycles. The Balaban J connectivity index is 1.34. The number of nitrogens with zero attached hydrogens (tertiary/aromatic N) is 6. The zero-order valence-corrected chi connectivity index (χ0v) is 16.4. The van der Waals surface area contributed by atoms with E-state index in [1.807, 2.05) is 6.33 Å². The summed E-state index contributed by atoms with van der Waals surface area (Å²) in [4.78, 5) is 14.6. The first-order valence-electron chi connectivity index (χ1n) is 10.3. The van der Waals surface area contributed by atoms with Crippen LogP contribution in [0.4, 0.5) is 0 Å². The van der Waals surface area contributed by atoms with Crippen LogP contribution in [0.5, 0.6) is 0 Å². The molecule has 0 unspecified atom stereocenters. The highest BCUT2D eigenvalue weighted by Crippen LogP contribution is 2.07. The molecule has 3 heterocycles. The van der Waals surface area contributed by atoms with Crippen molar-refractivity contribution in [3.63, 3.8) is 0 Å². The highest BCUT2D eigenvalue weighted by Gasteiger charge is 2.17. The van der Waals surface area contributed by atoms with E-state index >= 15 is 0 Å². The topological polar surface area (TPSA) is 51.0 Å². The standard InChI is InChI=1S/C19H36N6O/c1-2-21-7-13-24(14-8-21)18-25-16-19(20-17-25)4-6-23-11-9-22(10-12-23)5-3-15-26/h16-17,26H,2-15,18H2,1H3. The van der Waals surface area contributed by atoms with Gasteiger partial charge in [-0.1, -0.05) is 6.92 Å². The third-order valence-corrected chi connectivity index (χ3v) is 5.74. The second kappa shape index (κ2) is 10.4. The summed E-state index contributed by atoms with van der Waals surface area (Å²) in [6.07, 6.45) is 6.15. The molecule has 0 atom stereocenters. The van der Waals surface area contributed by atoms with Gasteiger partial charge in [0.2, 0.25) is 0 Å². The normalized spacial score (nSPS) is 21.5. The fraction of sp³-hybridized carbons (Fsp3) is 0.842. The number of imidazole rings is 1. The molecule has 0 spiro atoms. The molecule has 7 heteroatoms. The average Bonchev–Trinajstić information content (AvgIpc) is 3.13. The van der Waals surface area contributed by atoms with Crippen molar-refractivity contribution in [3.8, 4) is 0 Å². The Morgan fingerprint density at radius 3 is 2.15 bits per heavy atom. The van der Waals surface area contributed by atoms with Crippen molar-refractivity contribution >= 4 is 0 Å². The van der Waals surface area contributed by atoms with Crippen LogP contribution in [0.1, 0.15) is 19.0 Å². The van der Waals surface area contributed by atoms with Crippen LogP contribution in [0.3, 0.4) is 0 Å². The summed E-state index contributed by atoms with van der Waals surface area (Å²) in [5.74, 6) is 0. The Morgan fingerprint density at radius 2 is 1.50 bits per heavy atom. The summed E-state index contributed by atoms with van der Waals surface area (Å²) >= 11 is 0. The highest BCUT2D eigenvalue weighted by molar-refractivity contribution is 4.97. The molecular weight excluding hydrogens is 328 g/mol. The fourth-order valence-electron chi connectivity index (χ4n) is 3.89. The molecule has 2 aliphatic rings. The van der Waals surface area contributed by atoms with Gasteiger partial charge in [0.25, 0.3) is 0 Å². The predicted molar refractivity (Wildman–Crippen MR) is 104 cm³/mol. The highest BCUT2D eigenvalue weighted by atomic mass is 16.3. The number of aromatic nitrogens is 2. The molecule has 2 aliphatic heterocycles. The smallest absolute Gasteiger partial charge is 0.0960 e. The van der Waals surface area contributed by atoms with Crippen LogP contribution in [-0.2, 0) is 13.1 Å². The monoisotopic (exact) mass is 364 g/mol. The van der Waals surface area contributed by atoms with Crippen LogP contribution in [0.15, 0.2) is 12.5 Å². The largest absolute Gasteiger partial charge is 0.396 e. The summed E-state index contributed by atoms with van der Waals surface area (Å²) in [5, 5.41) is 8.94. The first-order chi connectivity index (χ1) is 12.8. The lowest BCUT2D eigenvalue weighted by Gasteiger charge is -2.34. The first kappa shape index (κ1) is 19.8. The van der Waals surface area contributed by atoms with Gasteiger partial charge >= 0.3 is 0 Å². The Bertz CT molecular complexity index is 506. The lowest BCUT2D eigenvalue weighted by atomic mass is 10.2. The third-order valence-electron chi connectivity index (χ3n) is 5.74. The first-order valence-corrected chi connectivity index (χ1v) is 10.3. The molecule has 1 N–H and O–H groups in total.